The summed E-state index contributed by atoms with van der Waals surface area (Å²) in [6.45, 7) is 0. The van der Waals surface area contributed by atoms with Crippen molar-refractivity contribution in [2.24, 2.45) is 0 Å². The molecule has 2 heterocycles. The molecule has 2 aromatic heterocycles. The summed E-state index contributed by atoms with van der Waals surface area (Å²) in [5.74, 6) is -0.398. The summed E-state index contributed by atoms with van der Waals surface area (Å²) in [7, 11) is 1.40. The number of benzene rings is 3. The van der Waals surface area contributed by atoms with E-state index in [0.29, 0.717) is 51.1 Å². The molecule has 0 radical (unpaired) electrons. The molecule has 3 aromatic carbocycles. The number of hydrogen-bond donors (Lipinski definition) is 0. The average Bonchev–Trinajstić information content (AvgIpc) is 2.93. The second-order valence-electron chi connectivity index (χ2n) is 8.31. The van der Waals surface area contributed by atoms with Crippen LogP contribution in [0, 0.1) is 5.82 Å². The first-order valence-corrected chi connectivity index (χ1v) is 12.0. The minimum atomic E-state index is -0.622. The Morgan fingerprint density at radius 3 is 2.08 bits per heavy atom. The van der Waals surface area contributed by atoms with E-state index < -0.39 is 11.4 Å². The topological polar surface area (TPSA) is 77.7 Å². The van der Waals surface area contributed by atoms with Crippen LogP contribution in [-0.2, 0) is 0 Å². The maximum absolute atomic E-state index is 15.0. The molecule has 6 nitrogen and oxygen atoms in total. The molecule has 0 aliphatic heterocycles. The summed E-state index contributed by atoms with van der Waals surface area (Å²) in [6, 6.07) is 16.5. The molecule has 0 aliphatic rings. The van der Waals surface area contributed by atoms with Crippen molar-refractivity contribution in [3.05, 3.63) is 110 Å². The van der Waals surface area contributed by atoms with Crippen LogP contribution in [0.2, 0.25) is 10.0 Å². The molecule has 188 valence electrons. The smallest absolute Gasteiger partial charge is 0.268 e. The number of rotatable bonds is 6. The third-order valence-corrected chi connectivity index (χ3v) is 7.01. The van der Waals surface area contributed by atoms with Crippen LogP contribution in [0.3, 0.4) is 0 Å². The van der Waals surface area contributed by atoms with Gasteiger partial charge < -0.3 is 4.74 Å². The SMILES string of the molecule is COc1cc(-c2cccc(-c3cccc(-c4ccn5c(=O)c(C=O)cnc5c4)c3Cl)c2Cl)c(F)cc1C=O. The number of pyridine rings is 1. The van der Waals surface area contributed by atoms with Crippen LogP contribution in [0.25, 0.3) is 39.0 Å². The number of hydrogen-bond acceptors (Lipinski definition) is 5. The molecule has 5 rings (SSSR count). The van der Waals surface area contributed by atoms with Gasteiger partial charge in [-0.15, -0.1) is 0 Å². The molecule has 0 spiro atoms. The number of aromatic nitrogens is 2. The molecule has 0 bridgehead atoms. The first kappa shape index (κ1) is 25.3. The van der Waals surface area contributed by atoms with Crippen LogP contribution in [-0.4, -0.2) is 29.1 Å². The van der Waals surface area contributed by atoms with E-state index in [-0.39, 0.29) is 27.5 Å². The number of nitrogens with zero attached hydrogens (tertiary/aromatic N) is 2. The number of carbonyl (C=O) groups excluding carboxylic acids is 2. The van der Waals surface area contributed by atoms with E-state index in [9.17, 15) is 18.8 Å². The van der Waals surface area contributed by atoms with Gasteiger partial charge in [0, 0.05) is 40.2 Å². The summed E-state index contributed by atoms with van der Waals surface area (Å²) >= 11 is 13.7. The van der Waals surface area contributed by atoms with E-state index in [1.54, 1.807) is 42.5 Å². The molecular formula is C29H17Cl2FN2O4. The molecule has 5 aromatic rings. The first-order chi connectivity index (χ1) is 18.4. The van der Waals surface area contributed by atoms with Crippen molar-refractivity contribution in [1.29, 1.82) is 0 Å². The molecule has 0 atom stereocenters. The van der Waals surface area contributed by atoms with Crippen LogP contribution in [0.1, 0.15) is 20.7 Å². The Morgan fingerprint density at radius 1 is 0.842 bits per heavy atom. The predicted octanol–water partition coefficient (Wildman–Crippen LogP) is 6.78. The Balaban J connectivity index is 1.64. The highest BCUT2D eigenvalue weighted by atomic mass is 35.5. The lowest BCUT2D eigenvalue weighted by molar-refractivity contribution is 0.111. The van der Waals surface area contributed by atoms with Gasteiger partial charge in [-0.25, -0.2) is 9.37 Å². The molecule has 0 aliphatic carbocycles. The van der Waals surface area contributed by atoms with E-state index in [1.165, 1.54) is 30.0 Å². The van der Waals surface area contributed by atoms with E-state index in [1.807, 2.05) is 6.07 Å². The Bertz CT molecular complexity index is 1820. The lowest BCUT2D eigenvalue weighted by Gasteiger charge is -2.15. The minimum absolute atomic E-state index is 0.0420. The normalized spacial score (nSPS) is 10.9. The van der Waals surface area contributed by atoms with Crippen LogP contribution in [0.5, 0.6) is 5.75 Å². The van der Waals surface area contributed by atoms with Gasteiger partial charge in [-0.1, -0.05) is 59.6 Å². The van der Waals surface area contributed by atoms with Gasteiger partial charge in [0.15, 0.2) is 12.6 Å². The first-order valence-electron chi connectivity index (χ1n) is 11.3. The molecule has 9 heteroatoms. The van der Waals surface area contributed by atoms with Gasteiger partial charge in [0.25, 0.3) is 5.56 Å². The van der Waals surface area contributed by atoms with E-state index in [0.717, 1.165) is 6.07 Å². The summed E-state index contributed by atoms with van der Waals surface area (Å²) < 4.78 is 21.5. The van der Waals surface area contributed by atoms with Crippen LogP contribution in [0.15, 0.2) is 77.9 Å². The third-order valence-electron chi connectivity index (χ3n) is 6.20. The maximum Gasteiger partial charge on any atom is 0.268 e. The zero-order valence-corrected chi connectivity index (χ0v) is 21.3. The summed E-state index contributed by atoms with van der Waals surface area (Å²) in [5.41, 5.74) is 3.03. The Labute approximate surface area is 225 Å². The lowest BCUT2D eigenvalue weighted by Crippen LogP contribution is -2.18. The van der Waals surface area contributed by atoms with E-state index in [2.05, 4.69) is 4.98 Å². The van der Waals surface area contributed by atoms with E-state index in [4.69, 9.17) is 27.9 Å². The Hall–Kier alpha value is -4.33. The number of fused-ring (bicyclic) bond motifs is 1. The molecule has 0 saturated carbocycles. The van der Waals surface area contributed by atoms with Crippen LogP contribution < -0.4 is 10.3 Å². The number of aldehydes is 2. The molecule has 0 unspecified atom stereocenters. The third kappa shape index (κ3) is 4.26. The average molecular weight is 547 g/mol. The van der Waals surface area contributed by atoms with Crippen LogP contribution >= 0.6 is 23.2 Å². The van der Waals surface area contributed by atoms with Gasteiger partial charge in [-0.05, 0) is 29.8 Å². The summed E-state index contributed by atoms with van der Waals surface area (Å²) in [6.07, 6.45) is 3.75. The molecule has 0 fully saturated rings. The number of carbonyl (C=O) groups is 2. The Kier molecular flexibility index (Phi) is 6.80. The van der Waals surface area contributed by atoms with Gasteiger partial charge >= 0.3 is 0 Å². The van der Waals surface area contributed by atoms with Crippen molar-refractivity contribution in [3.8, 4) is 39.1 Å². The standard InChI is InChI=1S/C29H17Cl2FN2O4/c1-38-25-12-23(24(32)10-17(25)14-35)22-7-3-6-21(28(22)31)20-5-2-4-19(27(20)30)16-8-9-34-26(11-16)33-13-18(15-36)29(34)37/h2-15H,1H3. The van der Waals surface area contributed by atoms with Crippen molar-refractivity contribution in [3.63, 3.8) is 0 Å². The van der Waals surface area contributed by atoms with E-state index >= 15 is 0 Å². The summed E-state index contributed by atoms with van der Waals surface area (Å²) in [4.78, 5) is 39.0. The van der Waals surface area contributed by atoms with Crippen molar-refractivity contribution in [2.45, 2.75) is 0 Å². The largest absolute Gasteiger partial charge is 0.496 e. The number of methoxy groups -OCH3 is 1. The highest BCUT2D eigenvalue weighted by molar-refractivity contribution is 6.39. The molecule has 38 heavy (non-hydrogen) atoms. The fraction of sp³-hybridized carbons (Fsp3) is 0.0345. The zero-order valence-electron chi connectivity index (χ0n) is 19.7. The summed E-state index contributed by atoms with van der Waals surface area (Å²) in [5, 5.41) is 0.650. The monoisotopic (exact) mass is 546 g/mol. The highest BCUT2D eigenvalue weighted by Gasteiger charge is 2.19. The lowest BCUT2D eigenvalue weighted by atomic mass is 9.95. The Morgan fingerprint density at radius 2 is 1.45 bits per heavy atom. The van der Waals surface area contributed by atoms with Gasteiger partial charge in [0.2, 0.25) is 0 Å². The number of ether oxygens (including phenoxy) is 1. The zero-order chi connectivity index (χ0) is 27.0. The predicted molar refractivity (Wildman–Crippen MR) is 145 cm³/mol. The molecule has 0 saturated heterocycles. The minimum Gasteiger partial charge on any atom is -0.496 e. The fourth-order valence-corrected chi connectivity index (χ4v) is 4.96. The maximum atomic E-state index is 15.0. The van der Waals surface area contributed by atoms with Crippen molar-refractivity contribution >= 4 is 41.4 Å². The second kappa shape index (κ2) is 10.2. The van der Waals surface area contributed by atoms with Gasteiger partial charge in [0.05, 0.1) is 28.3 Å². The van der Waals surface area contributed by atoms with Crippen molar-refractivity contribution in [1.82, 2.24) is 9.38 Å². The molecule has 0 amide bonds. The van der Waals surface area contributed by atoms with Gasteiger partial charge in [-0.3, -0.25) is 18.8 Å². The quantitative estimate of drug-likeness (QED) is 0.219. The fourth-order valence-electron chi connectivity index (χ4n) is 4.29. The van der Waals surface area contributed by atoms with Crippen molar-refractivity contribution < 1.29 is 18.7 Å². The molecule has 0 N–H and O–H groups in total. The number of halogens is 3. The van der Waals surface area contributed by atoms with Gasteiger partial charge in [0.1, 0.15) is 17.2 Å². The molecular weight excluding hydrogens is 530 g/mol. The van der Waals surface area contributed by atoms with Crippen LogP contribution in [0.4, 0.5) is 4.39 Å². The second-order valence-corrected chi connectivity index (χ2v) is 9.06. The highest BCUT2D eigenvalue weighted by Crippen LogP contribution is 2.43. The van der Waals surface area contributed by atoms with Crippen molar-refractivity contribution in [2.75, 3.05) is 7.11 Å². The van der Waals surface area contributed by atoms with Gasteiger partial charge in [-0.2, -0.15) is 0 Å².